The fraction of sp³-hybridized carbons (Fsp3) is 0. The SMILES string of the molecule is NC1=Nc2c([N+](=O)[O-])cc(Br)cc2[NH+](O)[N-]1. The van der Waals surface area contributed by atoms with Crippen LogP contribution in [0, 0.1) is 10.1 Å². The lowest BCUT2D eigenvalue weighted by atomic mass is 10.2. The van der Waals surface area contributed by atoms with Gasteiger partial charge in [-0.3, -0.25) is 10.1 Å². The van der Waals surface area contributed by atoms with Crippen LogP contribution in [0.5, 0.6) is 0 Å². The molecule has 0 bridgehead atoms. The van der Waals surface area contributed by atoms with Crippen molar-refractivity contribution in [2.24, 2.45) is 10.7 Å². The number of hydrogen-bond donors (Lipinski definition) is 3. The van der Waals surface area contributed by atoms with Crippen molar-refractivity contribution >= 4 is 39.0 Å². The summed E-state index contributed by atoms with van der Waals surface area (Å²) in [5, 5.41) is 19.9. The Morgan fingerprint density at radius 2 is 2.31 bits per heavy atom. The van der Waals surface area contributed by atoms with Crippen molar-refractivity contribution in [2.45, 2.75) is 0 Å². The van der Waals surface area contributed by atoms with E-state index in [-0.39, 0.29) is 28.2 Å². The third-order valence-corrected chi connectivity index (χ3v) is 2.40. The summed E-state index contributed by atoms with van der Waals surface area (Å²) in [4.78, 5) is 13.9. The van der Waals surface area contributed by atoms with Gasteiger partial charge in [0.2, 0.25) is 0 Å². The van der Waals surface area contributed by atoms with Crippen LogP contribution in [-0.4, -0.2) is 16.1 Å². The summed E-state index contributed by atoms with van der Waals surface area (Å²) in [6.45, 7) is 0. The first-order valence-electron chi connectivity index (χ1n) is 4.09. The number of quaternary nitrogens is 1. The number of nitrogens with two attached hydrogens (primary N) is 1. The first kappa shape index (κ1) is 10.8. The molecular formula is C7H6BrN5O3. The van der Waals surface area contributed by atoms with Crippen molar-refractivity contribution in [1.82, 2.24) is 0 Å². The monoisotopic (exact) mass is 287 g/mol. The molecule has 0 radical (unpaired) electrons. The van der Waals surface area contributed by atoms with Gasteiger partial charge in [-0.15, -0.1) is 0 Å². The first-order valence-corrected chi connectivity index (χ1v) is 4.88. The topological polar surface area (TPSA) is 120 Å². The van der Waals surface area contributed by atoms with E-state index in [2.05, 4.69) is 26.3 Å². The van der Waals surface area contributed by atoms with Crippen LogP contribution in [0.3, 0.4) is 0 Å². The van der Waals surface area contributed by atoms with Gasteiger partial charge >= 0.3 is 0 Å². The molecule has 0 spiro atoms. The Hall–Kier alpha value is -1.71. The Kier molecular flexibility index (Phi) is 2.50. The Bertz CT molecular complexity index is 503. The van der Waals surface area contributed by atoms with E-state index in [1.807, 2.05) is 0 Å². The molecule has 0 aliphatic carbocycles. The second-order valence-corrected chi connectivity index (χ2v) is 3.90. The van der Waals surface area contributed by atoms with Crippen molar-refractivity contribution in [1.29, 1.82) is 0 Å². The molecule has 1 atom stereocenters. The highest BCUT2D eigenvalue weighted by molar-refractivity contribution is 9.10. The number of nitrogens with zero attached hydrogens (tertiary/aromatic N) is 3. The smallest absolute Gasteiger partial charge is 0.286 e. The molecule has 0 aromatic heterocycles. The van der Waals surface area contributed by atoms with Crippen LogP contribution < -0.4 is 10.9 Å². The molecule has 84 valence electrons. The van der Waals surface area contributed by atoms with E-state index in [1.165, 1.54) is 12.1 Å². The second kappa shape index (κ2) is 3.70. The van der Waals surface area contributed by atoms with E-state index in [9.17, 15) is 15.3 Å². The van der Waals surface area contributed by atoms with Gasteiger partial charge in [-0.2, -0.15) is 10.6 Å². The zero-order chi connectivity index (χ0) is 11.9. The Morgan fingerprint density at radius 3 is 2.94 bits per heavy atom. The van der Waals surface area contributed by atoms with Crippen LogP contribution in [0.4, 0.5) is 17.1 Å². The summed E-state index contributed by atoms with van der Waals surface area (Å²) in [5.41, 5.74) is 8.78. The Labute approximate surface area is 97.6 Å². The average Bonchev–Trinajstić information content (AvgIpc) is 2.18. The van der Waals surface area contributed by atoms with Gasteiger partial charge in [0.25, 0.3) is 5.69 Å². The normalized spacial score (nSPS) is 18.4. The first-order chi connectivity index (χ1) is 7.49. The fourth-order valence-corrected chi connectivity index (χ4v) is 1.77. The lowest BCUT2D eigenvalue weighted by molar-refractivity contribution is -0.998. The lowest BCUT2D eigenvalue weighted by Gasteiger charge is -2.22. The number of halogens is 1. The van der Waals surface area contributed by atoms with Crippen molar-refractivity contribution in [3.05, 3.63) is 32.1 Å². The third kappa shape index (κ3) is 1.71. The van der Waals surface area contributed by atoms with Gasteiger partial charge in [-0.25, -0.2) is 0 Å². The minimum atomic E-state index is -0.598. The number of nitro groups is 1. The molecular weight excluding hydrogens is 282 g/mol. The molecule has 1 heterocycles. The number of benzene rings is 1. The van der Waals surface area contributed by atoms with Gasteiger partial charge < -0.3 is 10.7 Å². The molecule has 1 aromatic rings. The number of aliphatic imine (C=N–C) groups is 1. The van der Waals surface area contributed by atoms with E-state index < -0.39 is 4.92 Å². The highest BCUT2D eigenvalue weighted by Crippen LogP contribution is 2.37. The fourth-order valence-electron chi connectivity index (χ4n) is 1.32. The summed E-state index contributed by atoms with van der Waals surface area (Å²) in [7, 11) is 0. The van der Waals surface area contributed by atoms with Crippen molar-refractivity contribution in [3.8, 4) is 0 Å². The number of fused-ring (bicyclic) bond motifs is 1. The maximum atomic E-state index is 10.8. The summed E-state index contributed by atoms with van der Waals surface area (Å²) in [6, 6.07) is 2.77. The summed E-state index contributed by atoms with van der Waals surface area (Å²) in [5.74, 6) is -0.213. The van der Waals surface area contributed by atoms with Gasteiger partial charge in [0.1, 0.15) is 5.69 Å². The summed E-state index contributed by atoms with van der Waals surface area (Å²) >= 11 is 3.10. The number of guanidine groups is 1. The third-order valence-electron chi connectivity index (χ3n) is 1.94. The molecule has 2 rings (SSSR count). The summed E-state index contributed by atoms with van der Waals surface area (Å²) in [6.07, 6.45) is 0. The van der Waals surface area contributed by atoms with Gasteiger partial charge in [-0.1, -0.05) is 21.1 Å². The van der Waals surface area contributed by atoms with Crippen molar-refractivity contribution in [3.63, 3.8) is 0 Å². The average molecular weight is 288 g/mol. The second-order valence-electron chi connectivity index (χ2n) is 2.98. The minimum absolute atomic E-state index is 0.0122. The van der Waals surface area contributed by atoms with Crippen LogP contribution >= 0.6 is 15.9 Å². The van der Waals surface area contributed by atoms with Crippen molar-refractivity contribution < 1.29 is 15.3 Å². The Balaban J connectivity index is 2.71. The molecule has 0 saturated heterocycles. The molecule has 4 N–H and O–H groups in total. The maximum absolute atomic E-state index is 10.8. The van der Waals surface area contributed by atoms with Crippen LogP contribution in [0.2, 0.25) is 0 Å². The molecule has 0 fully saturated rings. The summed E-state index contributed by atoms with van der Waals surface area (Å²) < 4.78 is 0.454. The van der Waals surface area contributed by atoms with Crippen LogP contribution in [0.25, 0.3) is 5.43 Å². The molecule has 1 aliphatic rings. The Morgan fingerprint density at radius 1 is 1.62 bits per heavy atom. The molecule has 0 saturated carbocycles. The molecule has 1 unspecified atom stereocenters. The maximum Gasteiger partial charge on any atom is 0.286 e. The predicted molar refractivity (Wildman–Crippen MR) is 57.8 cm³/mol. The van der Waals surface area contributed by atoms with Gasteiger partial charge in [0.05, 0.1) is 10.9 Å². The van der Waals surface area contributed by atoms with Crippen LogP contribution in [-0.2, 0) is 0 Å². The molecule has 1 aliphatic heterocycles. The van der Waals surface area contributed by atoms with Crippen molar-refractivity contribution in [2.75, 3.05) is 0 Å². The molecule has 9 heteroatoms. The predicted octanol–water partition coefficient (Wildman–Crippen LogP) is 0.511. The molecule has 0 amide bonds. The largest absolute Gasteiger partial charge is 0.449 e. The van der Waals surface area contributed by atoms with E-state index in [4.69, 9.17) is 5.73 Å². The molecule has 8 nitrogen and oxygen atoms in total. The van der Waals surface area contributed by atoms with E-state index >= 15 is 0 Å². The highest BCUT2D eigenvalue weighted by atomic mass is 79.9. The van der Waals surface area contributed by atoms with Crippen LogP contribution in [0.15, 0.2) is 21.6 Å². The van der Waals surface area contributed by atoms with E-state index in [0.717, 1.165) is 0 Å². The zero-order valence-electron chi connectivity index (χ0n) is 7.72. The van der Waals surface area contributed by atoms with E-state index in [0.29, 0.717) is 4.47 Å². The van der Waals surface area contributed by atoms with Gasteiger partial charge in [0.15, 0.2) is 5.69 Å². The van der Waals surface area contributed by atoms with Crippen LogP contribution in [0.1, 0.15) is 0 Å². The number of nitrogens with one attached hydrogen (secondary N) is 1. The quantitative estimate of drug-likeness (QED) is 0.515. The highest BCUT2D eigenvalue weighted by Gasteiger charge is 2.26. The zero-order valence-corrected chi connectivity index (χ0v) is 9.30. The lowest BCUT2D eigenvalue weighted by Crippen LogP contribution is -3.01. The number of nitro benzene ring substituents is 1. The minimum Gasteiger partial charge on any atom is -0.449 e. The standard InChI is InChI=1S/C7H6BrN5O3/c8-3-1-4-6(5(2-3)13(15)16)10-7(9)11-12(4)14/h1-2,12,14H,(H2-,9,10,11). The van der Waals surface area contributed by atoms with E-state index in [1.54, 1.807) is 0 Å². The van der Waals surface area contributed by atoms with Gasteiger partial charge in [-0.05, 0) is 0 Å². The molecule has 1 aromatic carbocycles. The molecule has 16 heavy (non-hydrogen) atoms. The number of hydrogen-bond acceptors (Lipinski definition) is 5. The number of rotatable bonds is 1. The van der Waals surface area contributed by atoms with Gasteiger partial charge in [0, 0.05) is 16.6 Å².